The minimum absolute atomic E-state index is 0.495. The molecule has 0 spiro atoms. The molecule has 16 heavy (non-hydrogen) atoms. The number of nitrogens with zero attached hydrogens (tertiary/aromatic N) is 2. The SMILES string of the molecule is COCCn1ncc(Cl)c1CCNC(C)C. The fraction of sp³-hybridized carbons (Fsp3) is 0.727. The van der Waals surface area contributed by atoms with Gasteiger partial charge < -0.3 is 10.1 Å². The molecule has 0 radical (unpaired) electrons. The molecule has 1 aromatic heterocycles. The van der Waals surface area contributed by atoms with E-state index in [1.807, 2.05) is 4.68 Å². The van der Waals surface area contributed by atoms with Crippen molar-refractivity contribution in [2.45, 2.75) is 32.9 Å². The van der Waals surface area contributed by atoms with Crippen molar-refractivity contribution in [3.05, 3.63) is 16.9 Å². The van der Waals surface area contributed by atoms with Crippen molar-refractivity contribution in [3.63, 3.8) is 0 Å². The van der Waals surface area contributed by atoms with E-state index in [1.165, 1.54) is 0 Å². The molecule has 4 nitrogen and oxygen atoms in total. The Labute approximate surface area is 102 Å². The van der Waals surface area contributed by atoms with E-state index in [0.717, 1.165) is 30.2 Å². The first-order chi connectivity index (χ1) is 7.65. The van der Waals surface area contributed by atoms with E-state index in [9.17, 15) is 0 Å². The van der Waals surface area contributed by atoms with Crippen LogP contribution in [0.25, 0.3) is 0 Å². The fourth-order valence-corrected chi connectivity index (χ4v) is 1.72. The molecule has 1 rings (SSSR count). The molecule has 0 aromatic carbocycles. The summed E-state index contributed by atoms with van der Waals surface area (Å²) >= 11 is 6.09. The third kappa shape index (κ3) is 4.12. The van der Waals surface area contributed by atoms with E-state index in [1.54, 1.807) is 13.3 Å². The summed E-state index contributed by atoms with van der Waals surface area (Å²) in [6.07, 6.45) is 2.59. The molecule has 0 amide bonds. The Hall–Kier alpha value is -0.580. The van der Waals surface area contributed by atoms with Gasteiger partial charge in [-0.05, 0) is 0 Å². The Morgan fingerprint density at radius 1 is 1.56 bits per heavy atom. The Morgan fingerprint density at radius 2 is 2.31 bits per heavy atom. The molecule has 0 saturated heterocycles. The molecule has 92 valence electrons. The maximum Gasteiger partial charge on any atom is 0.0818 e. The monoisotopic (exact) mass is 245 g/mol. The lowest BCUT2D eigenvalue weighted by molar-refractivity contribution is 0.182. The van der Waals surface area contributed by atoms with Crippen molar-refractivity contribution in [2.75, 3.05) is 20.3 Å². The lowest BCUT2D eigenvalue weighted by Crippen LogP contribution is -2.26. The van der Waals surface area contributed by atoms with Gasteiger partial charge in [-0.2, -0.15) is 5.10 Å². The fourth-order valence-electron chi connectivity index (χ4n) is 1.49. The highest BCUT2D eigenvalue weighted by atomic mass is 35.5. The third-order valence-corrected chi connectivity index (χ3v) is 2.64. The van der Waals surface area contributed by atoms with Crippen LogP contribution < -0.4 is 5.32 Å². The van der Waals surface area contributed by atoms with Crippen molar-refractivity contribution in [3.8, 4) is 0 Å². The molecular weight excluding hydrogens is 226 g/mol. The summed E-state index contributed by atoms with van der Waals surface area (Å²) in [5.74, 6) is 0. The van der Waals surface area contributed by atoms with Crippen molar-refractivity contribution < 1.29 is 4.74 Å². The van der Waals surface area contributed by atoms with Crippen LogP contribution in [0, 0.1) is 0 Å². The average Bonchev–Trinajstić information content (AvgIpc) is 2.57. The maximum absolute atomic E-state index is 6.09. The molecule has 1 N–H and O–H groups in total. The summed E-state index contributed by atoms with van der Waals surface area (Å²) in [5.41, 5.74) is 1.08. The first-order valence-electron chi connectivity index (χ1n) is 5.57. The number of hydrogen-bond acceptors (Lipinski definition) is 3. The second kappa shape index (κ2) is 6.89. The van der Waals surface area contributed by atoms with Gasteiger partial charge >= 0.3 is 0 Å². The zero-order valence-corrected chi connectivity index (χ0v) is 10.9. The molecule has 0 saturated carbocycles. The summed E-state index contributed by atoms with van der Waals surface area (Å²) in [6, 6.07) is 0.495. The maximum atomic E-state index is 6.09. The minimum Gasteiger partial charge on any atom is -0.383 e. The molecule has 0 fully saturated rings. The lowest BCUT2D eigenvalue weighted by atomic mass is 10.3. The second-order valence-electron chi connectivity index (χ2n) is 4.01. The van der Waals surface area contributed by atoms with Gasteiger partial charge in [-0.3, -0.25) is 4.68 Å². The van der Waals surface area contributed by atoms with Gasteiger partial charge in [0.05, 0.1) is 30.1 Å². The predicted octanol–water partition coefficient (Wildman–Crippen LogP) is 1.72. The molecule has 0 atom stereocenters. The largest absolute Gasteiger partial charge is 0.383 e. The van der Waals surface area contributed by atoms with Crippen LogP contribution >= 0.6 is 11.6 Å². The van der Waals surface area contributed by atoms with Gasteiger partial charge in [0.25, 0.3) is 0 Å². The van der Waals surface area contributed by atoms with E-state index in [4.69, 9.17) is 16.3 Å². The molecule has 0 aliphatic carbocycles. The van der Waals surface area contributed by atoms with Crippen LogP contribution in [-0.2, 0) is 17.7 Å². The number of ether oxygens (including phenoxy) is 1. The van der Waals surface area contributed by atoms with E-state index < -0.39 is 0 Å². The van der Waals surface area contributed by atoms with Gasteiger partial charge in [0.1, 0.15) is 0 Å². The third-order valence-electron chi connectivity index (χ3n) is 2.32. The Kier molecular flexibility index (Phi) is 5.80. The molecule has 1 heterocycles. The number of aromatic nitrogens is 2. The van der Waals surface area contributed by atoms with Crippen LogP contribution in [0.3, 0.4) is 0 Å². The van der Waals surface area contributed by atoms with E-state index in [0.29, 0.717) is 12.6 Å². The molecule has 1 aromatic rings. The standard InChI is InChI=1S/C11H20ClN3O/c1-9(2)13-5-4-11-10(12)8-14-15(11)6-7-16-3/h8-9,13H,4-7H2,1-3H3. The van der Waals surface area contributed by atoms with Crippen molar-refractivity contribution in [2.24, 2.45) is 0 Å². The lowest BCUT2D eigenvalue weighted by Gasteiger charge is -2.10. The summed E-state index contributed by atoms with van der Waals surface area (Å²) < 4.78 is 6.94. The number of hydrogen-bond donors (Lipinski definition) is 1. The van der Waals surface area contributed by atoms with E-state index >= 15 is 0 Å². The summed E-state index contributed by atoms with van der Waals surface area (Å²) in [6.45, 7) is 6.58. The van der Waals surface area contributed by atoms with Gasteiger partial charge in [-0.1, -0.05) is 25.4 Å². The van der Waals surface area contributed by atoms with E-state index in [-0.39, 0.29) is 0 Å². The van der Waals surface area contributed by atoms with Crippen LogP contribution in [0.2, 0.25) is 5.02 Å². The quantitative estimate of drug-likeness (QED) is 0.795. The molecule has 0 aliphatic heterocycles. The minimum atomic E-state index is 0.495. The van der Waals surface area contributed by atoms with Crippen LogP contribution in [0.5, 0.6) is 0 Å². The average molecular weight is 246 g/mol. The van der Waals surface area contributed by atoms with Crippen molar-refractivity contribution in [1.82, 2.24) is 15.1 Å². The summed E-state index contributed by atoms with van der Waals surface area (Å²) in [5, 5.41) is 8.33. The van der Waals surface area contributed by atoms with Crippen LogP contribution in [-0.4, -0.2) is 36.1 Å². The van der Waals surface area contributed by atoms with E-state index in [2.05, 4.69) is 24.3 Å². The topological polar surface area (TPSA) is 39.1 Å². The van der Waals surface area contributed by atoms with Gasteiger partial charge in [0.2, 0.25) is 0 Å². The van der Waals surface area contributed by atoms with Crippen LogP contribution in [0.4, 0.5) is 0 Å². The summed E-state index contributed by atoms with van der Waals surface area (Å²) in [4.78, 5) is 0. The summed E-state index contributed by atoms with van der Waals surface area (Å²) in [7, 11) is 1.69. The zero-order valence-electron chi connectivity index (χ0n) is 10.2. The van der Waals surface area contributed by atoms with Crippen molar-refractivity contribution in [1.29, 1.82) is 0 Å². The molecule has 5 heteroatoms. The number of nitrogens with one attached hydrogen (secondary N) is 1. The molecule has 0 bridgehead atoms. The van der Waals surface area contributed by atoms with Gasteiger partial charge in [0.15, 0.2) is 0 Å². The first kappa shape index (κ1) is 13.5. The Bertz CT molecular complexity index is 312. The Morgan fingerprint density at radius 3 is 2.94 bits per heavy atom. The molecule has 0 aliphatic rings. The van der Waals surface area contributed by atoms with Crippen LogP contribution in [0.1, 0.15) is 19.5 Å². The van der Waals surface area contributed by atoms with Crippen LogP contribution in [0.15, 0.2) is 6.20 Å². The predicted molar refractivity (Wildman–Crippen MR) is 66.0 cm³/mol. The molecule has 0 unspecified atom stereocenters. The molecular formula is C11H20ClN3O. The zero-order chi connectivity index (χ0) is 12.0. The highest BCUT2D eigenvalue weighted by Crippen LogP contribution is 2.15. The van der Waals surface area contributed by atoms with Crippen molar-refractivity contribution >= 4 is 11.6 Å². The number of methoxy groups -OCH3 is 1. The second-order valence-corrected chi connectivity index (χ2v) is 4.42. The number of halogens is 1. The van der Waals surface area contributed by atoms with Gasteiger partial charge in [0, 0.05) is 26.1 Å². The smallest absolute Gasteiger partial charge is 0.0818 e. The van der Waals surface area contributed by atoms with Gasteiger partial charge in [-0.25, -0.2) is 0 Å². The highest BCUT2D eigenvalue weighted by molar-refractivity contribution is 6.31. The first-order valence-corrected chi connectivity index (χ1v) is 5.95. The normalized spacial score (nSPS) is 11.3. The Balaban J connectivity index is 2.52. The highest BCUT2D eigenvalue weighted by Gasteiger charge is 2.08. The van der Waals surface area contributed by atoms with Gasteiger partial charge in [-0.15, -0.1) is 0 Å². The number of rotatable bonds is 7.